The van der Waals surface area contributed by atoms with Crippen molar-refractivity contribution in [3.63, 3.8) is 0 Å². The Morgan fingerprint density at radius 3 is 2.22 bits per heavy atom. The Morgan fingerprint density at radius 1 is 1.06 bits per heavy atom. The van der Waals surface area contributed by atoms with E-state index in [0.29, 0.717) is 6.04 Å². The number of nitrogens with zero attached hydrogens (tertiary/aromatic N) is 1. The van der Waals surface area contributed by atoms with Gasteiger partial charge in [0.1, 0.15) is 0 Å². The Morgan fingerprint density at radius 2 is 1.67 bits per heavy atom. The maximum atomic E-state index is 3.58. The zero-order chi connectivity index (χ0) is 12.2. The number of rotatable bonds is 2. The van der Waals surface area contributed by atoms with E-state index in [9.17, 15) is 0 Å². The van der Waals surface area contributed by atoms with Crippen molar-refractivity contribution in [1.82, 2.24) is 10.2 Å². The quantitative estimate of drug-likeness (QED) is 0.808. The maximum Gasteiger partial charge on any atom is 0.0167 e. The zero-order valence-electron chi connectivity index (χ0n) is 11.8. The summed E-state index contributed by atoms with van der Waals surface area (Å²) < 4.78 is 0. The summed E-state index contributed by atoms with van der Waals surface area (Å²) in [6.45, 7) is 7.52. The average molecular weight is 248 g/mol. The molecular formula is C16H28N2. The molecule has 18 heavy (non-hydrogen) atoms. The molecule has 0 spiro atoms. The SMILES string of the molecule is CC1CN(CC23CC4CC(CC(C4)C2)C3)CCN1. The Balaban J connectivity index is 1.47. The maximum absolute atomic E-state index is 3.58. The van der Waals surface area contributed by atoms with Gasteiger partial charge >= 0.3 is 0 Å². The first-order valence-electron chi connectivity index (χ1n) is 8.16. The Labute approximate surface area is 111 Å². The number of hydrogen-bond acceptors (Lipinski definition) is 2. The van der Waals surface area contributed by atoms with Crippen molar-refractivity contribution >= 4 is 0 Å². The van der Waals surface area contributed by atoms with Crippen LogP contribution in [0.5, 0.6) is 0 Å². The van der Waals surface area contributed by atoms with Gasteiger partial charge in [-0.3, -0.25) is 4.90 Å². The largest absolute Gasteiger partial charge is 0.312 e. The zero-order valence-corrected chi connectivity index (χ0v) is 11.8. The van der Waals surface area contributed by atoms with Crippen LogP contribution in [0.2, 0.25) is 0 Å². The van der Waals surface area contributed by atoms with Gasteiger partial charge in [0.05, 0.1) is 0 Å². The highest BCUT2D eigenvalue weighted by Gasteiger charge is 2.51. The second kappa shape index (κ2) is 4.21. The Kier molecular flexibility index (Phi) is 2.74. The van der Waals surface area contributed by atoms with E-state index < -0.39 is 0 Å². The van der Waals surface area contributed by atoms with Crippen molar-refractivity contribution in [3.05, 3.63) is 0 Å². The fourth-order valence-electron chi connectivity index (χ4n) is 6.11. The summed E-state index contributed by atoms with van der Waals surface area (Å²) >= 11 is 0. The molecule has 1 aliphatic heterocycles. The summed E-state index contributed by atoms with van der Waals surface area (Å²) in [6.07, 6.45) is 9.44. The van der Waals surface area contributed by atoms with Crippen LogP contribution in [-0.4, -0.2) is 37.1 Å². The predicted molar refractivity (Wildman–Crippen MR) is 74.5 cm³/mol. The van der Waals surface area contributed by atoms with E-state index >= 15 is 0 Å². The summed E-state index contributed by atoms with van der Waals surface area (Å²) in [5.74, 6) is 3.32. The molecule has 0 amide bonds. The molecule has 1 N–H and O–H groups in total. The second-order valence-electron chi connectivity index (χ2n) is 8.01. The molecule has 5 aliphatic rings. The van der Waals surface area contributed by atoms with Gasteiger partial charge in [0.2, 0.25) is 0 Å². The van der Waals surface area contributed by atoms with E-state index in [1.807, 2.05) is 0 Å². The first-order chi connectivity index (χ1) is 8.71. The third-order valence-electron chi connectivity index (χ3n) is 6.18. The van der Waals surface area contributed by atoms with Crippen LogP contribution in [0.3, 0.4) is 0 Å². The van der Waals surface area contributed by atoms with Crippen molar-refractivity contribution in [2.75, 3.05) is 26.2 Å². The second-order valence-corrected chi connectivity index (χ2v) is 8.01. The highest BCUT2D eigenvalue weighted by Crippen LogP contribution is 2.60. The van der Waals surface area contributed by atoms with Crippen molar-refractivity contribution < 1.29 is 0 Å². The molecule has 0 aromatic rings. The molecule has 1 heterocycles. The van der Waals surface area contributed by atoms with Gasteiger partial charge in [0.25, 0.3) is 0 Å². The summed E-state index contributed by atoms with van der Waals surface area (Å²) in [5.41, 5.74) is 0.742. The molecular weight excluding hydrogens is 220 g/mol. The minimum atomic E-state index is 0.702. The molecule has 5 fully saturated rings. The minimum absolute atomic E-state index is 0.702. The van der Waals surface area contributed by atoms with Crippen LogP contribution in [0.15, 0.2) is 0 Å². The smallest absolute Gasteiger partial charge is 0.0167 e. The molecule has 102 valence electrons. The fourth-order valence-corrected chi connectivity index (χ4v) is 6.11. The lowest BCUT2D eigenvalue weighted by Gasteiger charge is -2.58. The molecule has 1 unspecified atom stereocenters. The third kappa shape index (κ3) is 2.02. The molecule has 0 aromatic heterocycles. The van der Waals surface area contributed by atoms with Crippen LogP contribution < -0.4 is 5.32 Å². The summed E-state index contributed by atoms with van der Waals surface area (Å²) in [4.78, 5) is 2.77. The lowest BCUT2D eigenvalue weighted by Crippen LogP contribution is -2.56. The van der Waals surface area contributed by atoms with Crippen LogP contribution in [0.25, 0.3) is 0 Å². The first kappa shape index (κ1) is 11.7. The summed E-state index contributed by atoms with van der Waals surface area (Å²) in [6, 6.07) is 0.702. The van der Waals surface area contributed by atoms with Crippen LogP contribution in [0, 0.1) is 23.2 Å². The summed E-state index contributed by atoms with van der Waals surface area (Å²) in [5, 5.41) is 3.58. The molecule has 4 aliphatic carbocycles. The van der Waals surface area contributed by atoms with Gasteiger partial charge in [-0.25, -0.2) is 0 Å². The summed E-state index contributed by atoms with van der Waals surface area (Å²) in [7, 11) is 0. The third-order valence-corrected chi connectivity index (χ3v) is 6.18. The van der Waals surface area contributed by atoms with Crippen molar-refractivity contribution in [2.45, 2.75) is 51.5 Å². The molecule has 0 radical (unpaired) electrons. The molecule has 2 heteroatoms. The van der Waals surface area contributed by atoms with Gasteiger partial charge < -0.3 is 5.32 Å². The lowest BCUT2D eigenvalue weighted by atomic mass is 9.49. The molecule has 5 rings (SSSR count). The fraction of sp³-hybridized carbons (Fsp3) is 1.00. The van der Waals surface area contributed by atoms with E-state index in [4.69, 9.17) is 0 Å². The minimum Gasteiger partial charge on any atom is -0.312 e. The monoisotopic (exact) mass is 248 g/mol. The van der Waals surface area contributed by atoms with E-state index in [-0.39, 0.29) is 0 Å². The van der Waals surface area contributed by atoms with Gasteiger partial charge in [-0.15, -0.1) is 0 Å². The molecule has 0 aromatic carbocycles. The Hall–Kier alpha value is -0.0800. The van der Waals surface area contributed by atoms with Crippen molar-refractivity contribution in [2.24, 2.45) is 23.2 Å². The van der Waals surface area contributed by atoms with E-state index in [1.54, 1.807) is 38.5 Å². The topological polar surface area (TPSA) is 15.3 Å². The molecule has 1 saturated heterocycles. The highest BCUT2D eigenvalue weighted by molar-refractivity contribution is 5.02. The van der Waals surface area contributed by atoms with Gasteiger partial charge in [0, 0.05) is 32.2 Å². The van der Waals surface area contributed by atoms with Crippen molar-refractivity contribution in [1.29, 1.82) is 0 Å². The molecule has 4 saturated carbocycles. The predicted octanol–water partition coefficient (Wildman–Crippen LogP) is 2.50. The van der Waals surface area contributed by atoms with Crippen LogP contribution in [0.4, 0.5) is 0 Å². The molecule has 1 atom stereocenters. The van der Waals surface area contributed by atoms with Gasteiger partial charge in [-0.2, -0.15) is 0 Å². The van der Waals surface area contributed by atoms with Gasteiger partial charge in [-0.05, 0) is 68.6 Å². The average Bonchev–Trinajstić information content (AvgIpc) is 2.25. The van der Waals surface area contributed by atoms with E-state index in [0.717, 1.165) is 23.2 Å². The first-order valence-corrected chi connectivity index (χ1v) is 8.16. The lowest BCUT2D eigenvalue weighted by molar-refractivity contribution is -0.0714. The highest BCUT2D eigenvalue weighted by atomic mass is 15.2. The van der Waals surface area contributed by atoms with Crippen LogP contribution in [0.1, 0.15) is 45.4 Å². The number of piperazine rings is 1. The van der Waals surface area contributed by atoms with Crippen LogP contribution in [-0.2, 0) is 0 Å². The van der Waals surface area contributed by atoms with Gasteiger partial charge in [0.15, 0.2) is 0 Å². The normalized spacial score (nSPS) is 51.8. The Bertz CT molecular complexity index is 290. The molecule has 4 bridgehead atoms. The number of hydrogen-bond donors (Lipinski definition) is 1. The van der Waals surface area contributed by atoms with Crippen LogP contribution >= 0.6 is 0 Å². The molecule has 2 nitrogen and oxygen atoms in total. The van der Waals surface area contributed by atoms with E-state index in [2.05, 4.69) is 17.1 Å². The van der Waals surface area contributed by atoms with Gasteiger partial charge in [-0.1, -0.05) is 0 Å². The number of nitrogens with one attached hydrogen (secondary N) is 1. The standard InChI is InChI=1S/C16H28N2/c1-12-10-18(3-2-17-12)11-16-7-13-4-14(8-16)6-15(5-13)9-16/h12-15,17H,2-11H2,1H3. The van der Waals surface area contributed by atoms with E-state index in [1.165, 1.54) is 26.2 Å². The van der Waals surface area contributed by atoms with Crippen molar-refractivity contribution in [3.8, 4) is 0 Å².